The van der Waals surface area contributed by atoms with Crippen molar-refractivity contribution in [2.24, 2.45) is 0 Å². The number of rotatable bonds is 5. The summed E-state index contributed by atoms with van der Waals surface area (Å²) in [6.07, 6.45) is 0.711. The number of hydrogen-bond donors (Lipinski definition) is 3. The number of likely N-dealkylation sites (tertiary alicyclic amines) is 1. The highest BCUT2D eigenvalue weighted by atomic mass is 16.2. The summed E-state index contributed by atoms with van der Waals surface area (Å²) in [4.78, 5) is 37.4. The van der Waals surface area contributed by atoms with Crippen LogP contribution < -0.4 is 16.0 Å². The summed E-state index contributed by atoms with van der Waals surface area (Å²) in [5.74, 6) is -0.283. The van der Waals surface area contributed by atoms with Gasteiger partial charge in [0.05, 0.1) is 6.54 Å². The summed E-state index contributed by atoms with van der Waals surface area (Å²) in [7, 11) is 0. The van der Waals surface area contributed by atoms with E-state index in [0.717, 1.165) is 0 Å². The molecule has 1 saturated heterocycles. The molecular weight excluding hydrogens is 308 g/mol. The van der Waals surface area contributed by atoms with Crippen molar-refractivity contribution in [1.29, 1.82) is 0 Å². The molecule has 0 saturated carbocycles. The molecule has 4 amide bonds. The van der Waals surface area contributed by atoms with Crippen LogP contribution in [0.3, 0.4) is 0 Å². The number of hydrogen-bond acceptors (Lipinski definition) is 3. The molecule has 24 heavy (non-hydrogen) atoms. The van der Waals surface area contributed by atoms with Gasteiger partial charge in [0.1, 0.15) is 0 Å². The van der Waals surface area contributed by atoms with E-state index in [1.807, 2.05) is 32.0 Å². The largest absolute Gasteiger partial charge is 0.347 e. The minimum Gasteiger partial charge on any atom is -0.347 e. The molecular formula is C17H24N4O3. The van der Waals surface area contributed by atoms with E-state index in [1.165, 1.54) is 0 Å². The first-order valence-electron chi connectivity index (χ1n) is 8.13. The third kappa shape index (κ3) is 5.26. The van der Waals surface area contributed by atoms with Gasteiger partial charge in [0.25, 0.3) is 5.91 Å². The molecule has 1 fully saturated rings. The standard InChI is InChI=1S/C17H24N4O3/c1-12(2)19-17(24)18-10-15(22)21-9-8-14(11-21)20-16(23)13-6-4-3-5-7-13/h3-7,12,14H,8-11H2,1-2H3,(H,20,23)(H2,18,19,24). The zero-order valence-corrected chi connectivity index (χ0v) is 14.0. The SMILES string of the molecule is CC(C)NC(=O)NCC(=O)N1CCC(NC(=O)c2ccccc2)C1. The lowest BCUT2D eigenvalue weighted by atomic mass is 10.2. The third-order valence-electron chi connectivity index (χ3n) is 3.73. The van der Waals surface area contributed by atoms with Gasteiger partial charge < -0.3 is 20.9 Å². The van der Waals surface area contributed by atoms with Gasteiger partial charge >= 0.3 is 6.03 Å². The lowest BCUT2D eigenvalue weighted by Crippen LogP contribution is -2.45. The zero-order valence-electron chi connectivity index (χ0n) is 14.0. The highest BCUT2D eigenvalue weighted by Gasteiger charge is 2.27. The van der Waals surface area contributed by atoms with E-state index in [4.69, 9.17) is 0 Å². The number of carbonyl (C=O) groups is 3. The molecule has 0 aromatic heterocycles. The molecule has 1 atom stereocenters. The third-order valence-corrected chi connectivity index (χ3v) is 3.73. The molecule has 0 bridgehead atoms. The normalized spacial score (nSPS) is 16.8. The number of urea groups is 1. The van der Waals surface area contributed by atoms with Crippen LogP contribution in [0.5, 0.6) is 0 Å². The van der Waals surface area contributed by atoms with E-state index in [1.54, 1.807) is 17.0 Å². The topological polar surface area (TPSA) is 90.5 Å². The first kappa shape index (κ1) is 17.8. The molecule has 1 aromatic rings. The Morgan fingerprint density at radius 1 is 1.21 bits per heavy atom. The molecule has 1 aliphatic rings. The van der Waals surface area contributed by atoms with Gasteiger partial charge in [-0.05, 0) is 32.4 Å². The summed E-state index contributed by atoms with van der Waals surface area (Å²) in [5, 5.41) is 8.15. The molecule has 3 N–H and O–H groups in total. The number of amides is 4. The van der Waals surface area contributed by atoms with Gasteiger partial charge in [0.2, 0.25) is 5.91 Å². The number of nitrogens with one attached hydrogen (secondary N) is 3. The Morgan fingerprint density at radius 3 is 2.58 bits per heavy atom. The fourth-order valence-corrected chi connectivity index (χ4v) is 2.54. The number of benzene rings is 1. The van der Waals surface area contributed by atoms with Crippen molar-refractivity contribution < 1.29 is 14.4 Å². The minimum atomic E-state index is -0.355. The second-order valence-corrected chi connectivity index (χ2v) is 6.15. The van der Waals surface area contributed by atoms with E-state index in [9.17, 15) is 14.4 Å². The fraction of sp³-hybridized carbons (Fsp3) is 0.471. The van der Waals surface area contributed by atoms with Gasteiger partial charge in [-0.15, -0.1) is 0 Å². The van der Waals surface area contributed by atoms with Gasteiger partial charge in [0.15, 0.2) is 0 Å². The van der Waals surface area contributed by atoms with Gasteiger partial charge in [-0.3, -0.25) is 9.59 Å². The number of nitrogens with zero attached hydrogens (tertiary/aromatic N) is 1. The molecule has 0 radical (unpaired) electrons. The van der Waals surface area contributed by atoms with Crippen LogP contribution in [-0.2, 0) is 4.79 Å². The Morgan fingerprint density at radius 2 is 1.92 bits per heavy atom. The van der Waals surface area contributed by atoms with Crippen LogP contribution in [0.1, 0.15) is 30.6 Å². The predicted octanol–water partition coefficient (Wildman–Crippen LogP) is 0.725. The quantitative estimate of drug-likeness (QED) is 0.742. The lowest BCUT2D eigenvalue weighted by Gasteiger charge is -2.18. The summed E-state index contributed by atoms with van der Waals surface area (Å²) >= 11 is 0. The average molecular weight is 332 g/mol. The van der Waals surface area contributed by atoms with Crippen molar-refractivity contribution in [1.82, 2.24) is 20.9 Å². The second-order valence-electron chi connectivity index (χ2n) is 6.15. The van der Waals surface area contributed by atoms with Gasteiger partial charge in [0, 0.05) is 30.7 Å². The summed E-state index contributed by atoms with van der Waals surface area (Å²) in [5.41, 5.74) is 0.606. The Balaban J connectivity index is 1.75. The lowest BCUT2D eigenvalue weighted by molar-refractivity contribution is -0.129. The molecule has 7 nitrogen and oxygen atoms in total. The van der Waals surface area contributed by atoms with E-state index in [0.29, 0.717) is 25.1 Å². The fourth-order valence-electron chi connectivity index (χ4n) is 2.54. The molecule has 0 spiro atoms. The monoisotopic (exact) mass is 332 g/mol. The van der Waals surface area contributed by atoms with Crippen LogP contribution in [-0.4, -0.2) is 54.5 Å². The Bertz CT molecular complexity index is 589. The van der Waals surface area contributed by atoms with Crippen LogP contribution in [0.15, 0.2) is 30.3 Å². The maximum atomic E-state index is 12.1. The Labute approximate surface area is 141 Å². The maximum absolute atomic E-state index is 12.1. The highest BCUT2D eigenvalue weighted by molar-refractivity contribution is 5.94. The van der Waals surface area contributed by atoms with Gasteiger partial charge in [-0.2, -0.15) is 0 Å². The van der Waals surface area contributed by atoms with Crippen LogP contribution >= 0.6 is 0 Å². The first-order valence-corrected chi connectivity index (χ1v) is 8.13. The Kier molecular flexibility index (Phi) is 6.17. The minimum absolute atomic E-state index is 0.0180. The second kappa shape index (κ2) is 8.33. The van der Waals surface area contributed by atoms with E-state index in [-0.39, 0.29) is 36.5 Å². The van der Waals surface area contributed by atoms with Crippen LogP contribution in [0.2, 0.25) is 0 Å². The van der Waals surface area contributed by atoms with Gasteiger partial charge in [-0.25, -0.2) is 4.79 Å². The Hall–Kier alpha value is -2.57. The van der Waals surface area contributed by atoms with E-state index < -0.39 is 0 Å². The molecule has 130 valence electrons. The molecule has 1 unspecified atom stereocenters. The average Bonchev–Trinajstić information content (AvgIpc) is 3.01. The van der Waals surface area contributed by atoms with Gasteiger partial charge in [-0.1, -0.05) is 18.2 Å². The summed E-state index contributed by atoms with van der Waals surface area (Å²) in [6, 6.07) is 8.59. The van der Waals surface area contributed by atoms with E-state index >= 15 is 0 Å². The van der Waals surface area contributed by atoms with Crippen molar-refractivity contribution in [3.05, 3.63) is 35.9 Å². The number of carbonyl (C=O) groups excluding carboxylic acids is 3. The van der Waals surface area contributed by atoms with Crippen LogP contribution in [0.25, 0.3) is 0 Å². The molecule has 1 aliphatic heterocycles. The molecule has 0 aliphatic carbocycles. The van der Waals surface area contributed by atoms with E-state index in [2.05, 4.69) is 16.0 Å². The van der Waals surface area contributed by atoms with Crippen molar-refractivity contribution in [2.45, 2.75) is 32.4 Å². The van der Waals surface area contributed by atoms with Crippen LogP contribution in [0.4, 0.5) is 4.79 Å². The summed E-state index contributed by atoms with van der Waals surface area (Å²) in [6.45, 7) is 4.69. The molecule has 7 heteroatoms. The highest BCUT2D eigenvalue weighted by Crippen LogP contribution is 2.10. The van der Waals surface area contributed by atoms with Crippen molar-refractivity contribution in [3.8, 4) is 0 Å². The van der Waals surface area contributed by atoms with Crippen molar-refractivity contribution in [3.63, 3.8) is 0 Å². The smallest absolute Gasteiger partial charge is 0.315 e. The predicted molar refractivity (Wildman–Crippen MR) is 90.6 cm³/mol. The van der Waals surface area contributed by atoms with Crippen molar-refractivity contribution in [2.75, 3.05) is 19.6 Å². The first-order chi connectivity index (χ1) is 11.5. The van der Waals surface area contributed by atoms with Crippen molar-refractivity contribution >= 4 is 17.8 Å². The van der Waals surface area contributed by atoms with Crippen LogP contribution in [0, 0.1) is 0 Å². The molecule has 1 heterocycles. The molecule has 1 aromatic carbocycles. The molecule has 2 rings (SSSR count). The zero-order chi connectivity index (χ0) is 17.5. The maximum Gasteiger partial charge on any atom is 0.315 e. The summed E-state index contributed by atoms with van der Waals surface area (Å²) < 4.78 is 0.